The lowest BCUT2D eigenvalue weighted by atomic mass is 10.1. The standard InChI is InChI=1S/C16H24O3S/c1-12-8-13(2)10-15(9-12)19-6-5-7-20-11-14(3)16(17)18-4/h8-10,14H,5-7,11H2,1-4H3. The number of ether oxygens (including phenoxy) is 2. The maximum atomic E-state index is 11.2. The average Bonchev–Trinajstić information content (AvgIpc) is 2.40. The van der Waals surface area contributed by atoms with Crippen molar-refractivity contribution < 1.29 is 14.3 Å². The summed E-state index contributed by atoms with van der Waals surface area (Å²) in [7, 11) is 1.43. The maximum absolute atomic E-state index is 11.2. The Morgan fingerprint density at radius 3 is 2.50 bits per heavy atom. The zero-order chi connectivity index (χ0) is 15.0. The molecule has 1 aromatic carbocycles. The number of hydrogen-bond acceptors (Lipinski definition) is 4. The van der Waals surface area contributed by atoms with Crippen molar-refractivity contribution in [2.75, 3.05) is 25.2 Å². The van der Waals surface area contributed by atoms with Crippen LogP contribution in [-0.2, 0) is 9.53 Å². The van der Waals surface area contributed by atoms with Gasteiger partial charge in [-0.1, -0.05) is 13.0 Å². The van der Waals surface area contributed by atoms with E-state index in [1.807, 2.05) is 6.92 Å². The van der Waals surface area contributed by atoms with Crippen LogP contribution in [-0.4, -0.2) is 31.2 Å². The molecule has 0 N–H and O–H groups in total. The van der Waals surface area contributed by atoms with Crippen molar-refractivity contribution in [2.24, 2.45) is 5.92 Å². The van der Waals surface area contributed by atoms with E-state index in [0.717, 1.165) is 23.7 Å². The van der Waals surface area contributed by atoms with Gasteiger partial charge in [0.15, 0.2) is 0 Å². The van der Waals surface area contributed by atoms with Gasteiger partial charge < -0.3 is 9.47 Å². The number of carbonyl (C=O) groups excluding carboxylic acids is 1. The van der Waals surface area contributed by atoms with Crippen LogP contribution in [0.3, 0.4) is 0 Å². The van der Waals surface area contributed by atoms with Crippen LogP contribution in [0.2, 0.25) is 0 Å². The summed E-state index contributed by atoms with van der Waals surface area (Å²) in [5.74, 6) is 2.56. The van der Waals surface area contributed by atoms with Crippen LogP contribution in [0.15, 0.2) is 18.2 Å². The number of hydrogen-bond donors (Lipinski definition) is 0. The van der Waals surface area contributed by atoms with Gasteiger partial charge in [0.25, 0.3) is 0 Å². The lowest BCUT2D eigenvalue weighted by Gasteiger charge is -2.10. The highest BCUT2D eigenvalue weighted by Crippen LogP contribution is 2.17. The Bertz CT molecular complexity index is 411. The predicted molar refractivity (Wildman–Crippen MR) is 84.5 cm³/mol. The van der Waals surface area contributed by atoms with Gasteiger partial charge in [-0.15, -0.1) is 0 Å². The lowest BCUT2D eigenvalue weighted by molar-refractivity contribution is -0.143. The highest BCUT2D eigenvalue weighted by atomic mass is 32.2. The molecule has 0 heterocycles. The second-order valence-electron chi connectivity index (χ2n) is 5.02. The quantitative estimate of drug-likeness (QED) is 0.542. The molecule has 0 amide bonds. The van der Waals surface area contributed by atoms with Gasteiger partial charge in [-0.05, 0) is 49.3 Å². The minimum atomic E-state index is -0.135. The van der Waals surface area contributed by atoms with Crippen molar-refractivity contribution >= 4 is 17.7 Å². The van der Waals surface area contributed by atoms with Gasteiger partial charge >= 0.3 is 5.97 Å². The van der Waals surface area contributed by atoms with E-state index in [1.54, 1.807) is 11.8 Å². The Kier molecular flexibility index (Phi) is 7.52. The number of esters is 1. The molecule has 0 aromatic heterocycles. The highest BCUT2D eigenvalue weighted by Gasteiger charge is 2.12. The molecule has 0 spiro atoms. The molecule has 0 aliphatic heterocycles. The average molecular weight is 296 g/mol. The van der Waals surface area contributed by atoms with Crippen LogP contribution in [0.5, 0.6) is 5.75 Å². The zero-order valence-corrected chi connectivity index (χ0v) is 13.6. The molecule has 1 unspecified atom stereocenters. The number of aryl methyl sites for hydroxylation is 2. The summed E-state index contributed by atoms with van der Waals surface area (Å²) in [6.45, 7) is 6.75. The van der Waals surface area contributed by atoms with E-state index in [9.17, 15) is 4.79 Å². The summed E-state index contributed by atoms with van der Waals surface area (Å²) in [6.07, 6.45) is 0.978. The van der Waals surface area contributed by atoms with Crippen LogP contribution in [0, 0.1) is 19.8 Å². The summed E-state index contributed by atoms with van der Waals surface area (Å²) >= 11 is 1.77. The molecule has 0 bridgehead atoms. The van der Waals surface area contributed by atoms with Gasteiger partial charge in [-0.25, -0.2) is 0 Å². The molecular formula is C16H24O3S. The van der Waals surface area contributed by atoms with Gasteiger partial charge in [0.1, 0.15) is 5.75 Å². The summed E-state index contributed by atoms with van der Waals surface area (Å²) in [5.41, 5.74) is 2.45. The fourth-order valence-electron chi connectivity index (χ4n) is 1.90. The molecule has 0 radical (unpaired) electrons. The zero-order valence-electron chi connectivity index (χ0n) is 12.8. The van der Waals surface area contributed by atoms with Crippen LogP contribution in [0.1, 0.15) is 24.5 Å². The Hall–Kier alpha value is -1.16. The van der Waals surface area contributed by atoms with Crippen molar-refractivity contribution in [3.05, 3.63) is 29.3 Å². The number of thioether (sulfide) groups is 1. The van der Waals surface area contributed by atoms with Crippen LogP contribution < -0.4 is 4.74 Å². The fourth-order valence-corrected chi connectivity index (χ4v) is 2.87. The van der Waals surface area contributed by atoms with Gasteiger partial charge in [0, 0.05) is 5.75 Å². The molecule has 0 aliphatic carbocycles. The van der Waals surface area contributed by atoms with Crippen LogP contribution in [0.25, 0.3) is 0 Å². The first-order chi connectivity index (χ1) is 9.52. The second-order valence-corrected chi connectivity index (χ2v) is 6.17. The topological polar surface area (TPSA) is 35.5 Å². The minimum Gasteiger partial charge on any atom is -0.494 e. The Morgan fingerprint density at radius 2 is 1.90 bits per heavy atom. The number of rotatable bonds is 8. The van der Waals surface area contributed by atoms with Crippen molar-refractivity contribution in [3.63, 3.8) is 0 Å². The Morgan fingerprint density at radius 1 is 1.25 bits per heavy atom. The number of benzene rings is 1. The fraction of sp³-hybridized carbons (Fsp3) is 0.562. The molecule has 1 atom stereocenters. The normalized spacial score (nSPS) is 12.0. The molecule has 112 valence electrons. The largest absolute Gasteiger partial charge is 0.494 e. The van der Waals surface area contributed by atoms with E-state index in [-0.39, 0.29) is 11.9 Å². The molecule has 4 heteroatoms. The van der Waals surface area contributed by atoms with Crippen molar-refractivity contribution in [3.8, 4) is 5.75 Å². The molecule has 1 aromatic rings. The second kappa shape index (κ2) is 8.90. The molecule has 0 saturated heterocycles. The van der Waals surface area contributed by atoms with Crippen molar-refractivity contribution in [1.29, 1.82) is 0 Å². The Labute approximate surface area is 126 Å². The molecule has 0 aliphatic rings. The highest BCUT2D eigenvalue weighted by molar-refractivity contribution is 7.99. The molecular weight excluding hydrogens is 272 g/mol. The molecule has 3 nitrogen and oxygen atoms in total. The van der Waals surface area contributed by atoms with E-state index in [1.165, 1.54) is 18.2 Å². The first-order valence-corrected chi connectivity index (χ1v) is 8.05. The number of carbonyl (C=O) groups is 1. The smallest absolute Gasteiger partial charge is 0.309 e. The van der Waals surface area contributed by atoms with Crippen molar-refractivity contribution in [2.45, 2.75) is 27.2 Å². The third kappa shape index (κ3) is 6.33. The Balaban J connectivity index is 2.14. The number of methoxy groups -OCH3 is 1. The third-order valence-corrected chi connectivity index (χ3v) is 4.18. The molecule has 1 rings (SSSR count). The van der Waals surface area contributed by atoms with Gasteiger partial charge in [-0.2, -0.15) is 11.8 Å². The van der Waals surface area contributed by atoms with Crippen molar-refractivity contribution in [1.82, 2.24) is 0 Å². The van der Waals surface area contributed by atoms with E-state index >= 15 is 0 Å². The SMILES string of the molecule is COC(=O)C(C)CSCCCOc1cc(C)cc(C)c1. The lowest BCUT2D eigenvalue weighted by Crippen LogP contribution is -2.15. The molecule has 0 fully saturated rings. The monoisotopic (exact) mass is 296 g/mol. The predicted octanol–water partition coefficient (Wildman–Crippen LogP) is 3.61. The van der Waals surface area contributed by atoms with Gasteiger partial charge in [0.2, 0.25) is 0 Å². The van der Waals surface area contributed by atoms with Crippen LogP contribution >= 0.6 is 11.8 Å². The summed E-state index contributed by atoms with van der Waals surface area (Å²) in [6, 6.07) is 6.25. The van der Waals surface area contributed by atoms with E-state index in [4.69, 9.17) is 9.47 Å². The third-order valence-electron chi connectivity index (χ3n) is 2.87. The van der Waals surface area contributed by atoms with Gasteiger partial charge in [-0.3, -0.25) is 4.79 Å². The summed E-state index contributed by atoms with van der Waals surface area (Å²) in [5, 5.41) is 0. The molecule has 20 heavy (non-hydrogen) atoms. The maximum Gasteiger partial charge on any atom is 0.309 e. The van der Waals surface area contributed by atoms with Gasteiger partial charge in [0.05, 0.1) is 19.6 Å². The molecule has 0 saturated carbocycles. The van der Waals surface area contributed by atoms with E-state index in [0.29, 0.717) is 6.61 Å². The van der Waals surface area contributed by atoms with Crippen LogP contribution in [0.4, 0.5) is 0 Å². The first kappa shape index (κ1) is 16.9. The summed E-state index contributed by atoms with van der Waals surface area (Å²) < 4.78 is 10.4. The first-order valence-electron chi connectivity index (χ1n) is 6.89. The minimum absolute atomic E-state index is 0.0367. The van der Waals surface area contributed by atoms with E-state index < -0.39 is 0 Å². The van der Waals surface area contributed by atoms with E-state index in [2.05, 4.69) is 32.0 Å². The summed E-state index contributed by atoms with van der Waals surface area (Å²) in [4.78, 5) is 11.2.